The van der Waals surface area contributed by atoms with E-state index in [9.17, 15) is 9.18 Å². The smallest absolute Gasteiger partial charge is 0.258 e. The molecule has 0 saturated heterocycles. The largest absolute Gasteiger partial charge is 0.496 e. The molecule has 0 fully saturated rings. The van der Waals surface area contributed by atoms with E-state index in [4.69, 9.17) is 9.47 Å². The van der Waals surface area contributed by atoms with E-state index < -0.39 is 0 Å². The zero-order valence-electron chi connectivity index (χ0n) is 14.7. The van der Waals surface area contributed by atoms with Gasteiger partial charge in [-0.15, -0.1) is 0 Å². The molecular formula is C19H23FN2O3. The van der Waals surface area contributed by atoms with Crippen molar-refractivity contribution in [3.05, 3.63) is 59.9 Å². The molecule has 0 aliphatic carbocycles. The van der Waals surface area contributed by atoms with Crippen molar-refractivity contribution in [2.24, 2.45) is 0 Å². The second-order valence-corrected chi connectivity index (χ2v) is 5.77. The number of para-hydroxylation sites is 1. The van der Waals surface area contributed by atoms with Crippen molar-refractivity contribution in [2.45, 2.75) is 6.04 Å². The van der Waals surface area contributed by atoms with Gasteiger partial charge in [-0.05, 0) is 44.4 Å². The van der Waals surface area contributed by atoms with Gasteiger partial charge in [0.2, 0.25) is 0 Å². The molecule has 2 aromatic rings. The Labute approximate surface area is 147 Å². The standard InChI is InChI=1S/C19H23FN2O3/c1-22(2)17(16-6-4-5-7-18(16)24-3)12-21-19(23)13-25-15-10-8-14(20)9-11-15/h4-11,17H,12-13H2,1-3H3,(H,21,23)/t17-/m1/s1. The number of benzene rings is 2. The third-order valence-electron chi connectivity index (χ3n) is 3.80. The summed E-state index contributed by atoms with van der Waals surface area (Å²) in [5, 5.41) is 2.86. The summed E-state index contributed by atoms with van der Waals surface area (Å²) in [6, 6.07) is 13.2. The van der Waals surface area contributed by atoms with Crippen LogP contribution in [0.4, 0.5) is 4.39 Å². The van der Waals surface area contributed by atoms with E-state index in [1.807, 2.05) is 43.3 Å². The zero-order chi connectivity index (χ0) is 18.2. The summed E-state index contributed by atoms with van der Waals surface area (Å²) in [7, 11) is 5.51. The summed E-state index contributed by atoms with van der Waals surface area (Å²) in [4.78, 5) is 14.0. The highest BCUT2D eigenvalue weighted by molar-refractivity contribution is 5.77. The lowest BCUT2D eigenvalue weighted by Gasteiger charge is -2.26. The molecule has 0 saturated carbocycles. The molecule has 0 spiro atoms. The van der Waals surface area contributed by atoms with Gasteiger partial charge in [-0.25, -0.2) is 4.39 Å². The number of hydrogen-bond acceptors (Lipinski definition) is 4. The van der Waals surface area contributed by atoms with Crippen molar-refractivity contribution in [2.75, 3.05) is 34.4 Å². The minimum Gasteiger partial charge on any atom is -0.496 e. The average Bonchev–Trinajstić information content (AvgIpc) is 2.61. The van der Waals surface area contributed by atoms with Gasteiger partial charge in [-0.3, -0.25) is 4.79 Å². The molecule has 1 N–H and O–H groups in total. The second-order valence-electron chi connectivity index (χ2n) is 5.77. The van der Waals surface area contributed by atoms with E-state index in [1.54, 1.807) is 7.11 Å². The first-order chi connectivity index (χ1) is 12.0. The summed E-state index contributed by atoms with van der Waals surface area (Å²) >= 11 is 0. The highest BCUT2D eigenvalue weighted by Crippen LogP contribution is 2.27. The fourth-order valence-corrected chi connectivity index (χ4v) is 2.45. The molecule has 0 aliphatic heterocycles. The second kappa shape index (κ2) is 9.03. The van der Waals surface area contributed by atoms with Gasteiger partial charge >= 0.3 is 0 Å². The first-order valence-electron chi connectivity index (χ1n) is 7.95. The number of rotatable bonds is 8. The highest BCUT2D eigenvalue weighted by Gasteiger charge is 2.19. The third kappa shape index (κ3) is 5.46. The van der Waals surface area contributed by atoms with E-state index in [0.717, 1.165) is 11.3 Å². The van der Waals surface area contributed by atoms with Crippen molar-refractivity contribution in [1.82, 2.24) is 10.2 Å². The molecule has 6 heteroatoms. The van der Waals surface area contributed by atoms with Gasteiger partial charge in [0.1, 0.15) is 17.3 Å². The Morgan fingerprint density at radius 2 is 1.84 bits per heavy atom. The molecule has 0 heterocycles. The van der Waals surface area contributed by atoms with Crippen LogP contribution in [0.5, 0.6) is 11.5 Å². The first-order valence-corrected chi connectivity index (χ1v) is 7.95. The van der Waals surface area contributed by atoms with Crippen molar-refractivity contribution in [3.8, 4) is 11.5 Å². The maximum Gasteiger partial charge on any atom is 0.258 e. The van der Waals surface area contributed by atoms with Crippen LogP contribution in [-0.4, -0.2) is 45.2 Å². The predicted molar refractivity (Wildman–Crippen MR) is 94.3 cm³/mol. The SMILES string of the molecule is COc1ccccc1[C@@H](CNC(=O)COc1ccc(F)cc1)N(C)C. The molecule has 0 aromatic heterocycles. The van der Waals surface area contributed by atoms with Crippen LogP contribution in [0.15, 0.2) is 48.5 Å². The number of nitrogens with one attached hydrogen (secondary N) is 1. The monoisotopic (exact) mass is 346 g/mol. The maximum absolute atomic E-state index is 12.8. The lowest BCUT2D eigenvalue weighted by Crippen LogP contribution is -2.37. The Balaban J connectivity index is 1.92. The van der Waals surface area contributed by atoms with Crippen LogP contribution in [0.1, 0.15) is 11.6 Å². The van der Waals surface area contributed by atoms with E-state index >= 15 is 0 Å². The maximum atomic E-state index is 12.8. The average molecular weight is 346 g/mol. The van der Waals surface area contributed by atoms with Gasteiger partial charge in [0.15, 0.2) is 6.61 Å². The molecule has 0 radical (unpaired) electrons. The quantitative estimate of drug-likeness (QED) is 0.798. The lowest BCUT2D eigenvalue weighted by atomic mass is 10.0. The van der Waals surface area contributed by atoms with Crippen molar-refractivity contribution < 1.29 is 18.7 Å². The predicted octanol–water partition coefficient (Wildman–Crippen LogP) is 2.63. The minimum absolute atomic E-state index is 0.0362. The molecule has 0 bridgehead atoms. The van der Waals surface area contributed by atoms with Crippen molar-refractivity contribution >= 4 is 5.91 Å². The van der Waals surface area contributed by atoms with E-state index in [2.05, 4.69) is 5.32 Å². The fourth-order valence-electron chi connectivity index (χ4n) is 2.45. The van der Waals surface area contributed by atoms with Gasteiger partial charge in [0, 0.05) is 12.1 Å². The molecule has 134 valence electrons. The summed E-state index contributed by atoms with van der Waals surface area (Å²) in [6.45, 7) is 0.288. The first kappa shape index (κ1) is 18.7. The fraction of sp³-hybridized carbons (Fsp3) is 0.316. The Morgan fingerprint density at radius 1 is 1.16 bits per heavy atom. The Kier molecular flexibility index (Phi) is 6.77. The van der Waals surface area contributed by atoms with Gasteiger partial charge < -0.3 is 19.7 Å². The molecule has 2 rings (SSSR count). The molecule has 0 unspecified atom stereocenters. The van der Waals surface area contributed by atoms with Crippen molar-refractivity contribution in [3.63, 3.8) is 0 Å². The number of methoxy groups -OCH3 is 1. The third-order valence-corrected chi connectivity index (χ3v) is 3.80. The van der Waals surface area contributed by atoms with Crippen LogP contribution in [0.2, 0.25) is 0 Å². The highest BCUT2D eigenvalue weighted by atomic mass is 19.1. The molecular weight excluding hydrogens is 323 g/mol. The van der Waals surface area contributed by atoms with E-state index in [0.29, 0.717) is 12.3 Å². The van der Waals surface area contributed by atoms with Crippen LogP contribution in [0.25, 0.3) is 0 Å². The molecule has 0 aliphatic rings. The van der Waals surface area contributed by atoms with Gasteiger partial charge in [-0.2, -0.15) is 0 Å². The molecule has 1 amide bonds. The van der Waals surface area contributed by atoms with Crippen LogP contribution in [0.3, 0.4) is 0 Å². The zero-order valence-corrected chi connectivity index (χ0v) is 14.7. The van der Waals surface area contributed by atoms with Crippen LogP contribution in [0, 0.1) is 5.82 Å². The number of carbonyl (C=O) groups excluding carboxylic acids is 1. The lowest BCUT2D eigenvalue weighted by molar-refractivity contribution is -0.123. The Morgan fingerprint density at radius 3 is 2.48 bits per heavy atom. The van der Waals surface area contributed by atoms with Gasteiger partial charge in [-0.1, -0.05) is 18.2 Å². The Hall–Kier alpha value is -2.60. The van der Waals surface area contributed by atoms with Gasteiger partial charge in [0.25, 0.3) is 5.91 Å². The van der Waals surface area contributed by atoms with E-state index in [1.165, 1.54) is 24.3 Å². The number of ether oxygens (including phenoxy) is 2. The van der Waals surface area contributed by atoms with E-state index in [-0.39, 0.29) is 24.4 Å². The summed E-state index contributed by atoms with van der Waals surface area (Å²) < 4.78 is 23.6. The molecule has 5 nitrogen and oxygen atoms in total. The molecule has 2 aromatic carbocycles. The summed E-state index contributed by atoms with van der Waals surface area (Å²) in [6.07, 6.45) is 0. The number of amides is 1. The summed E-state index contributed by atoms with van der Waals surface area (Å²) in [5.41, 5.74) is 0.995. The number of hydrogen-bond donors (Lipinski definition) is 1. The summed E-state index contributed by atoms with van der Waals surface area (Å²) in [5.74, 6) is 0.636. The number of nitrogens with zero attached hydrogens (tertiary/aromatic N) is 1. The topological polar surface area (TPSA) is 50.8 Å². The van der Waals surface area contributed by atoms with Crippen LogP contribution < -0.4 is 14.8 Å². The van der Waals surface area contributed by atoms with Crippen molar-refractivity contribution in [1.29, 1.82) is 0 Å². The normalized spacial score (nSPS) is 11.9. The van der Waals surface area contributed by atoms with Gasteiger partial charge in [0.05, 0.1) is 13.2 Å². The number of halogens is 1. The molecule has 1 atom stereocenters. The Bertz CT molecular complexity index is 689. The number of carbonyl (C=O) groups is 1. The molecule has 25 heavy (non-hydrogen) atoms. The van der Waals surface area contributed by atoms with Crippen LogP contribution >= 0.6 is 0 Å². The van der Waals surface area contributed by atoms with Crippen LogP contribution in [-0.2, 0) is 4.79 Å². The number of likely N-dealkylation sites (N-methyl/N-ethyl adjacent to an activating group) is 1. The minimum atomic E-state index is -0.345.